The quantitative estimate of drug-likeness (QED) is 0.660. The predicted molar refractivity (Wildman–Crippen MR) is 54.8 cm³/mol. The summed E-state index contributed by atoms with van der Waals surface area (Å²) in [6.07, 6.45) is 9.62. The van der Waals surface area contributed by atoms with Crippen LogP contribution in [0.5, 0.6) is 0 Å². The van der Waals surface area contributed by atoms with Gasteiger partial charge in [-0.05, 0) is 29.0 Å². The SMILES string of the molecule is IC1=CC2CC=NNC2C=C1. The summed E-state index contributed by atoms with van der Waals surface area (Å²) >= 11 is 2.35. The zero-order valence-electron chi connectivity index (χ0n) is 6.00. The molecular weight excluding hydrogens is 251 g/mol. The standard InChI is InChI=1S/C8H9IN2/c9-7-1-2-8-6(5-7)3-4-10-11-8/h1-2,4-6,8,11H,3H2. The fourth-order valence-corrected chi connectivity index (χ4v) is 2.04. The lowest BCUT2D eigenvalue weighted by Gasteiger charge is -2.26. The lowest BCUT2D eigenvalue weighted by Crippen LogP contribution is -2.35. The smallest absolute Gasteiger partial charge is 0.0690 e. The first-order chi connectivity index (χ1) is 5.36. The molecule has 0 saturated carbocycles. The van der Waals surface area contributed by atoms with Crippen LogP contribution in [0.25, 0.3) is 0 Å². The molecule has 1 aliphatic heterocycles. The van der Waals surface area contributed by atoms with E-state index in [1.807, 2.05) is 6.21 Å². The first-order valence-electron chi connectivity index (χ1n) is 3.69. The normalized spacial score (nSPS) is 34.1. The Morgan fingerprint density at radius 3 is 3.45 bits per heavy atom. The number of nitrogens with one attached hydrogen (secondary N) is 1. The molecule has 0 radical (unpaired) electrons. The Bertz CT molecular complexity index is 242. The maximum atomic E-state index is 4.03. The van der Waals surface area contributed by atoms with Gasteiger partial charge in [0.25, 0.3) is 0 Å². The van der Waals surface area contributed by atoms with E-state index in [9.17, 15) is 0 Å². The Morgan fingerprint density at radius 1 is 1.64 bits per heavy atom. The average Bonchev–Trinajstić information content (AvgIpc) is 2.04. The number of fused-ring (bicyclic) bond motifs is 1. The molecule has 58 valence electrons. The van der Waals surface area contributed by atoms with Crippen LogP contribution in [-0.2, 0) is 0 Å². The second kappa shape index (κ2) is 2.97. The van der Waals surface area contributed by atoms with Crippen molar-refractivity contribution in [3.63, 3.8) is 0 Å². The van der Waals surface area contributed by atoms with Crippen LogP contribution in [0.4, 0.5) is 0 Å². The summed E-state index contributed by atoms with van der Waals surface area (Å²) in [6, 6.07) is 0.429. The molecule has 2 nitrogen and oxygen atoms in total. The third kappa shape index (κ3) is 1.47. The van der Waals surface area contributed by atoms with Crippen molar-refractivity contribution < 1.29 is 0 Å². The van der Waals surface area contributed by atoms with Gasteiger partial charge in [0, 0.05) is 15.7 Å². The van der Waals surface area contributed by atoms with Crippen molar-refractivity contribution in [3.8, 4) is 0 Å². The highest BCUT2D eigenvalue weighted by atomic mass is 127. The van der Waals surface area contributed by atoms with Crippen LogP contribution in [0.15, 0.2) is 26.9 Å². The van der Waals surface area contributed by atoms with E-state index in [-0.39, 0.29) is 0 Å². The fraction of sp³-hybridized carbons (Fsp3) is 0.375. The average molecular weight is 260 g/mol. The second-order valence-corrected chi connectivity index (χ2v) is 4.02. The number of allylic oxidation sites excluding steroid dienone is 2. The van der Waals surface area contributed by atoms with Gasteiger partial charge in [0.2, 0.25) is 0 Å². The van der Waals surface area contributed by atoms with Crippen LogP contribution in [0, 0.1) is 5.92 Å². The van der Waals surface area contributed by atoms with Crippen molar-refractivity contribution in [3.05, 3.63) is 21.8 Å². The Morgan fingerprint density at radius 2 is 2.55 bits per heavy atom. The Balaban J connectivity index is 2.21. The second-order valence-electron chi connectivity index (χ2n) is 2.78. The van der Waals surface area contributed by atoms with E-state index in [1.54, 1.807) is 0 Å². The number of hydrogen-bond donors (Lipinski definition) is 1. The molecule has 1 heterocycles. The van der Waals surface area contributed by atoms with Gasteiger partial charge in [-0.25, -0.2) is 0 Å². The molecule has 0 aromatic carbocycles. The van der Waals surface area contributed by atoms with E-state index < -0.39 is 0 Å². The van der Waals surface area contributed by atoms with E-state index in [0.29, 0.717) is 12.0 Å². The minimum absolute atomic E-state index is 0.429. The van der Waals surface area contributed by atoms with E-state index in [0.717, 1.165) is 6.42 Å². The Labute approximate surface area is 79.6 Å². The molecule has 2 rings (SSSR count). The molecule has 11 heavy (non-hydrogen) atoms. The van der Waals surface area contributed by atoms with Gasteiger partial charge in [-0.1, -0.05) is 18.2 Å². The number of hydrogen-bond acceptors (Lipinski definition) is 2. The Hall–Kier alpha value is -0.320. The summed E-state index contributed by atoms with van der Waals surface area (Å²) in [7, 11) is 0. The van der Waals surface area contributed by atoms with Crippen molar-refractivity contribution >= 4 is 28.8 Å². The first kappa shape index (κ1) is 7.34. The number of nitrogens with zero attached hydrogens (tertiary/aromatic N) is 1. The first-order valence-corrected chi connectivity index (χ1v) is 4.77. The van der Waals surface area contributed by atoms with E-state index >= 15 is 0 Å². The molecule has 0 aromatic rings. The molecule has 0 bridgehead atoms. The largest absolute Gasteiger partial charge is 0.303 e. The molecule has 0 amide bonds. The molecule has 1 N–H and O–H groups in total. The Kier molecular flexibility index (Phi) is 1.98. The van der Waals surface area contributed by atoms with Gasteiger partial charge >= 0.3 is 0 Å². The zero-order chi connectivity index (χ0) is 7.68. The van der Waals surface area contributed by atoms with Crippen molar-refractivity contribution in [2.45, 2.75) is 12.5 Å². The fourth-order valence-electron chi connectivity index (χ4n) is 1.37. The van der Waals surface area contributed by atoms with Crippen LogP contribution in [0.3, 0.4) is 0 Å². The van der Waals surface area contributed by atoms with Crippen molar-refractivity contribution in [2.24, 2.45) is 11.0 Å². The molecule has 0 fully saturated rings. The van der Waals surface area contributed by atoms with Gasteiger partial charge in [-0.3, -0.25) is 0 Å². The monoisotopic (exact) mass is 260 g/mol. The van der Waals surface area contributed by atoms with Crippen molar-refractivity contribution in [2.75, 3.05) is 0 Å². The predicted octanol–water partition coefficient (Wildman–Crippen LogP) is 1.84. The summed E-state index contributed by atoms with van der Waals surface area (Å²) in [5, 5.41) is 4.03. The van der Waals surface area contributed by atoms with Gasteiger partial charge in [0.15, 0.2) is 0 Å². The van der Waals surface area contributed by atoms with E-state index in [2.05, 4.69) is 51.3 Å². The van der Waals surface area contributed by atoms with Gasteiger partial charge in [0.1, 0.15) is 0 Å². The van der Waals surface area contributed by atoms with Crippen LogP contribution < -0.4 is 5.43 Å². The lowest BCUT2D eigenvalue weighted by molar-refractivity contribution is 0.473. The van der Waals surface area contributed by atoms with Gasteiger partial charge in [0.05, 0.1) is 6.04 Å². The zero-order valence-corrected chi connectivity index (χ0v) is 8.15. The molecule has 2 unspecified atom stereocenters. The number of rotatable bonds is 0. The van der Waals surface area contributed by atoms with E-state index in [4.69, 9.17) is 0 Å². The molecular formula is C8H9IN2. The van der Waals surface area contributed by atoms with Crippen LogP contribution in [0.1, 0.15) is 6.42 Å². The van der Waals surface area contributed by atoms with Gasteiger partial charge < -0.3 is 5.43 Å². The van der Waals surface area contributed by atoms with Gasteiger partial charge in [-0.2, -0.15) is 5.10 Å². The third-order valence-corrected chi connectivity index (χ3v) is 2.71. The molecule has 2 atom stereocenters. The summed E-state index contributed by atoms with van der Waals surface area (Å²) in [4.78, 5) is 0. The van der Waals surface area contributed by atoms with Crippen LogP contribution in [0.2, 0.25) is 0 Å². The highest BCUT2D eigenvalue weighted by Gasteiger charge is 2.20. The molecule has 0 aromatic heterocycles. The highest BCUT2D eigenvalue weighted by Crippen LogP contribution is 2.24. The molecule has 0 spiro atoms. The maximum absolute atomic E-state index is 4.03. The molecule has 2 aliphatic rings. The minimum atomic E-state index is 0.429. The van der Waals surface area contributed by atoms with E-state index in [1.165, 1.54) is 3.58 Å². The minimum Gasteiger partial charge on any atom is -0.303 e. The highest BCUT2D eigenvalue weighted by molar-refractivity contribution is 14.1. The summed E-state index contributed by atoms with van der Waals surface area (Å²) in [6.45, 7) is 0. The lowest BCUT2D eigenvalue weighted by atomic mass is 9.92. The van der Waals surface area contributed by atoms with Crippen molar-refractivity contribution in [1.82, 2.24) is 5.43 Å². The third-order valence-electron chi connectivity index (χ3n) is 1.99. The van der Waals surface area contributed by atoms with Crippen molar-refractivity contribution in [1.29, 1.82) is 0 Å². The molecule has 0 saturated heterocycles. The topological polar surface area (TPSA) is 24.4 Å². The van der Waals surface area contributed by atoms with Gasteiger partial charge in [-0.15, -0.1) is 0 Å². The number of hydrazone groups is 1. The number of halogens is 1. The molecule has 3 heteroatoms. The maximum Gasteiger partial charge on any atom is 0.0690 e. The summed E-state index contributed by atoms with van der Waals surface area (Å²) in [5.41, 5.74) is 3.08. The van der Waals surface area contributed by atoms with Crippen LogP contribution in [-0.4, -0.2) is 12.3 Å². The van der Waals surface area contributed by atoms with Crippen LogP contribution >= 0.6 is 22.6 Å². The molecule has 1 aliphatic carbocycles. The summed E-state index contributed by atoms with van der Waals surface area (Å²) in [5.74, 6) is 0.615. The summed E-state index contributed by atoms with van der Waals surface area (Å²) < 4.78 is 1.33.